The Morgan fingerprint density at radius 2 is 1.71 bits per heavy atom. The third-order valence-corrected chi connectivity index (χ3v) is 9.79. The monoisotopic (exact) mass is 776 g/mol. The van der Waals surface area contributed by atoms with Crippen molar-refractivity contribution in [3.8, 4) is 5.75 Å². The van der Waals surface area contributed by atoms with E-state index in [0.717, 1.165) is 0 Å². The third kappa shape index (κ3) is 11.8. The van der Waals surface area contributed by atoms with Crippen LogP contribution in [-0.4, -0.2) is 115 Å². The summed E-state index contributed by atoms with van der Waals surface area (Å²) < 4.78 is 12.5. The molecule has 1 saturated heterocycles. The van der Waals surface area contributed by atoms with Crippen LogP contribution in [0.15, 0.2) is 54.6 Å². The Kier molecular flexibility index (Phi) is 15.1. The number of ketones is 1. The lowest BCUT2D eigenvalue weighted by molar-refractivity contribution is -0.144. The molecule has 2 aromatic carbocycles. The van der Waals surface area contributed by atoms with E-state index in [1.165, 1.54) is 9.80 Å². The topological polar surface area (TPSA) is 193 Å². The largest absolute Gasteiger partial charge is 0.493 e. The van der Waals surface area contributed by atoms with Crippen molar-refractivity contribution in [2.45, 2.75) is 103 Å². The Hall–Kier alpha value is -5.31. The lowest BCUT2D eigenvalue weighted by atomic mass is 10.0. The number of ether oxygens (including phenoxy) is 2. The van der Waals surface area contributed by atoms with E-state index in [-0.39, 0.29) is 43.5 Å². The summed E-state index contributed by atoms with van der Waals surface area (Å²) in [4.78, 5) is 96.6. The molecule has 0 aliphatic carbocycles. The molecule has 1 unspecified atom stereocenters. The molecule has 4 bridgehead atoms. The van der Waals surface area contributed by atoms with Gasteiger partial charge in [0.25, 0.3) is 5.91 Å². The molecule has 15 nitrogen and oxygen atoms in total. The summed E-state index contributed by atoms with van der Waals surface area (Å²) in [5.41, 5.74) is 0.555. The van der Waals surface area contributed by atoms with Gasteiger partial charge in [-0.3, -0.25) is 33.6 Å². The van der Waals surface area contributed by atoms with Crippen molar-refractivity contribution in [3.63, 3.8) is 0 Å². The summed E-state index contributed by atoms with van der Waals surface area (Å²) in [6.45, 7) is 8.98. The van der Waals surface area contributed by atoms with Gasteiger partial charge in [0.2, 0.25) is 35.3 Å². The number of carbonyl (C=O) groups is 7. The maximum Gasteiger partial charge on any atom is 0.290 e. The van der Waals surface area contributed by atoms with Crippen molar-refractivity contribution >= 4 is 41.2 Å². The van der Waals surface area contributed by atoms with Crippen LogP contribution in [0.5, 0.6) is 5.75 Å². The molecule has 0 aromatic heterocycles. The van der Waals surface area contributed by atoms with Crippen LogP contribution >= 0.6 is 0 Å². The molecular formula is C41H56N6O9. The molecule has 304 valence electrons. The van der Waals surface area contributed by atoms with Crippen LogP contribution in [0.25, 0.3) is 0 Å². The highest BCUT2D eigenvalue weighted by molar-refractivity contribution is 6.38. The second-order valence-electron chi connectivity index (χ2n) is 15.5. The number of nitrogens with zero attached hydrogens (tertiary/aromatic N) is 2. The van der Waals surface area contributed by atoms with Crippen LogP contribution in [0.4, 0.5) is 0 Å². The first kappa shape index (κ1) is 43.4. The number of rotatable bonds is 12. The lowest BCUT2D eigenvalue weighted by Crippen LogP contribution is -2.57. The Labute approximate surface area is 328 Å². The minimum absolute atomic E-state index is 0.0151. The van der Waals surface area contributed by atoms with Crippen LogP contribution < -0.4 is 26.0 Å². The average molecular weight is 777 g/mol. The normalized spacial score (nSPS) is 20.9. The summed E-state index contributed by atoms with van der Waals surface area (Å²) in [5, 5.41) is 10.5. The molecule has 2 heterocycles. The van der Waals surface area contributed by atoms with Crippen LogP contribution in [0, 0.1) is 5.92 Å². The first-order valence-electron chi connectivity index (χ1n) is 19.2. The summed E-state index contributed by atoms with van der Waals surface area (Å²) in [6.07, 6.45) is 0.583. The number of amides is 6. The highest BCUT2D eigenvalue weighted by Gasteiger charge is 2.45. The number of hydrogen-bond acceptors (Lipinski definition) is 9. The van der Waals surface area contributed by atoms with Crippen LogP contribution in [0.3, 0.4) is 0 Å². The van der Waals surface area contributed by atoms with Crippen molar-refractivity contribution in [1.29, 1.82) is 0 Å². The molecule has 15 heteroatoms. The summed E-state index contributed by atoms with van der Waals surface area (Å²) >= 11 is 0. The van der Waals surface area contributed by atoms with Gasteiger partial charge in [-0.05, 0) is 49.4 Å². The lowest BCUT2D eigenvalue weighted by Gasteiger charge is -2.31. The number of carbonyl (C=O) groups excluding carboxylic acids is 7. The average Bonchev–Trinajstić information content (AvgIpc) is 3.57. The van der Waals surface area contributed by atoms with Gasteiger partial charge in [0.15, 0.2) is 0 Å². The van der Waals surface area contributed by atoms with E-state index in [0.29, 0.717) is 36.3 Å². The smallest absolute Gasteiger partial charge is 0.290 e. The molecule has 0 radical (unpaired) electrons. The van der Waals surface area contributed by atoms with Crippen LogP contribution in [0.2, 0.25) is 0 Å². The zero-order chi connectivity index (χ0) is 41.2. The number of hydrogen-bond donors (Lipinski definition) is 4. The first-order chi connectivity index (χ1) is 26.5. The van der Waals surface area contributed by atoms with Crippen molar-refractivity contribution < 1.29 is 43.0 Å². The van der Waals surface area contributed by atoms with Crippen LogP contribution in [0.1, 0.15) is 77.5 Å². The van der Waals surface area contributed by atoms with E-state index in [4.69, 9.17) is 9.47 Å². The zero-order valence-electron chi connectivity index (χ0n) is 33.4. The molecule has 1 fully saturated rings. The van der Waals surface area contributed by atoms with Gasteiger partial charge in [0.1, 0.15) is 23.9 Å². The summed E-state index contributed by atoms with van der Waals surface area (Å²) in [5.74, 6) is -4.36. The van der Waals surface area contributed by atoms with E-state index in [2.05, 4.69) is 21.3 Å². The van der Waals surface area contributed by atoms with E-state index < -0.39 is 71.8 Å². The first-order valence-corrected chi connectivity index (χ1v) is 19.2. The van der Waals surface area contributed by atoms with Crippen molar-refractivity contribution in [3.05, 3.63) is 65.7 Å². The molecule has 4 N–H and O–H groups in total. The molecule has 2 aliphatic heterocycles. The zero-order valence-corrected chi connectivity index (χ0v) is 33.4. The SMILES string of the molecule is CCCC(NC(=O)[C@@H]1C[C@@H]2CN1C(=O)[C@H](C(C)C)NC(=O)Cc1cccc(c1)OCCC(C)(C)O2)C(=O)C(=O)NCC(=O)N[C@H](C(=O)N(C)C)c1ccccc1. The quantitative estimate of drug-likeness (QED) is 0.233. The third-order valence-electron chi connectivity index (χ3n) is 9.79. The van der Waals surface area contributed by atoms with Gasteiger partial charge in [-0.2, -0.15) is 0 Å². The Bertz CT molecular complexity index is 1750. The van der Waals surface area contributed by atoms with E-state index in [1.807, 2.05) is 19.9 Å². The molecule has 0 saturated carbocycles. The molecule has 0 spiro atoms. The molecule has 56 heavy (non-hydrogen) atoms. The Morgan fingerprint density at radius 3 is 2.38 bits per heavy atom. The van der Waals surface area contributed by atoms with Crippen molar-refractivity contribution in [2.75, 3.05) is 33.8 Å². The fourth-order valence-corrected chi connectivity index (χ4v) is 6.78. The number of likely N-dealkylation sites (N-methyl/N-ethyl adjacent to an activating group) is 1. The highest BCUT2D eigenvalue weighted by atomic mass is 16.5. The minimum Gasteiger partial charge on any atom is -0.493 e. The van der Waals surface area contributed by atoms with Gasteiger partial charge >= 0.3 is 0 Å². The Balaban J connectivity index is 1.49. The van der Waals surface area contributed by atoms with Gasteiger partial charge in [-0.1, -0.05) is 69.7 Å². The molecule has 4 rings (SSSR count). The Morgan fingerprint density at radius 1 is 1.00 bits per heavy atom. The van der Waals surface area contributed by atoms with Crippen molar-refractivity contribution in [2.24, 2.45) is 5.92 Å². The van der Waals surface area contributed by atoms with Gasteiger partial charge in [-0.15, -0.1) is 0 Å². The maximum absolute atomic E-state index is 14.2. The van der Waals surface area contributed by atoms with Crippen LogP contribution in [-0.2, 0) is 44.7 Å². The highest BCUT2D eigenvalue weighted by Crippen LogP contribution is 2.29. The number of Topliss-reactive ketones (excluding diaryl/α,β-unsaturated/α-hetero) is 1. The predicted molar refractivity (Wildman–Crippen MR) is 207 cm³/mol. The number of fused-ring (bicyclic) bond motifs is 4. The second-order valence-corrected chi connectivity index (χ2v) is 15.5. The van der Waals surface area contributed by atoms with Gasteiger partial charge in [0.05, 0.1) is 37.3 Å². The molecule has 5 atom stereocenters. The molecular weight excluding hydrogens is 720 g/mol. The fourth-order valence-electron chi connectivity index (χ4n) is 6.78. The molecule has 6 amide bonds. The number of nitrogens with one attached hydrogen (secondary N) is 4. The van der Waals surface area contributed by atoms with Crippen molar-refractivity contribution in [1.82, 2.24) is 31.1 Å². The summed E-state index contributed by atoms with van der Waals surface area (Å²) in [7, 11) is 3.11. The molecule has 2 aliphatic rings. The minimum atomic E-state index is -1.26. The van der Waals surface area contributed by atoms with Gasteiger partial charge in [0, 0.05) is 33.5 Å². The predicted octanol–water partition coefficient (Wildman–Crippen LogP) is 1.83. The van der Waals surface area contributed by atoms with Gasteiger partial charge < -0.3 is 40.5 Å². The summed E-state index contributed by atoms with van der Waals surface area (Å²) in [6, 6.07) is 11.5. The van der Waals surface area contributed by atoms with E-state index >= 15 is 0 Å². The maximum atomic E-state index is 14.2. The fraction of sp³-hybridized carbons (Fsp3) is 0.537. The second kappa shape index (κ2) is 19.5. The standard InChI is InChI=1S/C41H56N6O9/c1-8-13-30(36(50)38(52)42-23-33(49)45-35(39(53)46(6)7)27-15-10-9-11-16-27)43-37(51)31-22-29-24-47(31)40(54)34(25(2)3)44-32(48)21-26-14-12-17-28(20-26)55-19-18-41(4,5)56-29/h9-12,14-17,20,25,29-31,34-35H,8,13,18-19,21-24H2,1-7H3,(H,42,52)(H,43,51)(H,44,48)(H,45,49)/t29-,30?,31+,34+,35+/m1/s1. The van der Waals surface area contributed by atoms with E-state index in [9.17, 15) is 33.6 Å². The van der Waals surface area contributed by atoms with Gasteiger partial charge in [-0.25, -0.2) is 0 Å². The molecule has 2 aromatic rings. The number of benzene rings is 2. The van der Waals surface area contributed by atoms with E-state index in [1.54, 1.807) is 83.4 Å².